The molecule has 0 spiro atoms. The van der Waals surface area contributed by atoms with Crippen LogP contribution in [0, 0.1) is 0 Å². The van der Waals surface area contributed by atoms with Gasteiger partial charge < -0.3 is 15.6 Å². The third-order valence-electron chi connectivity index (χ3n) is 2.55. The molecule has 2 aromatic heterocycles. The van der Waals surface area contributed by atoms with Gasteiger partial charge in [0.2, 0.25) is 0 Å². The van der Waals surface area contributed by atoms with Crippen LogP contribution < -0.4 is 5.73 Å². The Morgan fingerprint density at radius 1 is 1.50 bits per heavy atom. The van der Waals surface area contributed by atoms with Crippen LogP contribution in [0.5, 0.6) is 0 Å². The van der Waals surface area contributed by atoms with E-state index < -0.39 is 12.2 Å². The van der Waals surface area contributed by atoms with Gasteiger partial charge in [0.1, 0.15) is 18.6 Å². The van der Waals surface area contributed by atoms with Crippen molar-refractivity contribution >= 4 is 28.6 Å². The number of ether oxygens (including phenoxy) is 1. The Hall–Kier alpha value is -1.44. The molecule has 0 amide bonds. The van der Waals surface area contributed by atoms with Crippen LogP contribution in [-0.4, -0.2) is 42.7 Å². The fraction of sp³-hybridized carbons (Fsp3) is 0.500. The van der Waals surface area contributed by atoms with Gasteiger partial charge in [-0.15, -0.1) is 11.6 Å². The fourth-order valence-corrected chi connectivity index (χ4v) is 1.83. The van der Waals surface area contributed by atoms with E-state index in [1.165, 1.54) is 6.33 Å². The molecule has 0 fully saturated rings. The van der Waals surface area contributed by atoms with Gasteiger partial charge in [-0.25, -0.2) is 15.0 Å². The summed E-state index contributed by atoms with van der Waals surface area (Å²) in [5.74, 6) is 0.532. The van der Waals surface area contributed by atoms with Crippen molar-refractivity contribution in [2.45, 2.75) is 25.9 Å². The maximum atomic E-state index is 9.42. The van der Waals surface area contributed by atoms with E-state index in [1.54, 1.807) is 17.8 Å². The number of hydrogen-bond donors (Lipinski definition) is 2. The van der Waals surface area contributed by atoms with Crippen molar-refractivity contribution < 1.29 is 9.84 Å². The van der Waals surface area contributed by atoms with Gasteiger partial charge in [0.05, 0.1) is 24.4 Å². The Labute approximate surface area is 109 Å². The molecule has 2 rings (SSSR count). The third-order valence-corrected chi connectivity index (χ3v) is 2.85. The van der Waals surface area contributed by atoms with E-state index in [-0.39, 0.29) is 12.6 Å². The van der Waals surface area contributed by atoms with Crippen LogP contribution >= 0.6 is 11.6 Å². The predicted molar refractivity (Wildman–Crippen MR) is 67.0 cm³/mol. The molecule has 0 aliphatic rings. The molecule has 0 radical (unpaired) electrons. The average Bonchev–Trinajstić information content (AvgIpc) is 2.74. The number of anilines is 1. The first-order valence-electron chi connectivity index (χ1n) is 5.40. The number of rotatable bonds is 5. The summed E-state index contributed by atoms with van der Waals surface area (Å²) in [6, 6.07) is 0. The number of aliphatic hydroxyl groups excluding tert-OH is 1. The Kier molecular flexibility index (Phi) is 3.95. The van der Waals surface area contributed by atoms with Crippen LogP contribution in [0.1, 0.15) is 6.92 Å². The normalized spacial score (nSPS) is 14.8. The van der Waals surface area contributed by atoms with Crippen LogP contribution in [0.15, 0.2) is 12.7 Å². The number of fused-ring (bicyclic) bond motifs is 1. The topological polar surface area (TPSA) is 99.1 Å². The lowest BCUT2D eigenvalue weighted by molar-refractivity contribution is -0.0450. The molecule has 0 aromatic carbocycles. The second-order valence-electron chi connectivity index (χ2n) is 3.87. The van der Waals surface area contributed by atoms with E-state index >= 15 is 0 Å². The van der Waals surface area contributed by atoms with Gasteiger partial charge >= 0.3 is 0 Å². The van der Waals surface area contributed by atoms with Crippen molar-refractivity contribution in [2.24, 2.45) is 0 Å². The van der Waals surface area contributed by atoms with Gasteiger partial charge in [-0.05, 0) is 6.92 Å². The molecule has 8 heteroatoms. The van der Waals surface area contributed by atoms with Crippen LogP contribution in [0.2, 0.25) is 0 Å². The minimum atomic E-state index is -0.642. The lowest BCUT2D eigenvalue weighted by Crippen LogP contribution is -2.28. The van der Waals surface area contributed by atoms with Crippen LogP contribution in [0.3, 0.4) is 0 Å². The quantitative estimate of drug-likeness (QED) is 0.763. The molecule has 98 valence electrons. The van der Waals surface area contributed by atoms with Gasteiger partial charge in [-0.2, -0.15) is 0 Å². The Bertz CT molecular complexity index is 530. The zero-order chi connectivity index (χ0) is 13.1. The number of nitrogens with zero attached hydrogens (tertiary/aromatic N) is 4. The van der Waals surface area contributed by atoms with Crippen molar-refractivity contribution in [3.8, 4) is 0 Å². The fourth-order valence-electron chi connectivity index (χ4n) is 1.48. The molecule has 7 nitrogen and oxygen atoms in total. The average molecular weight is 272 g/mol. The maximum Gasteiger partial charge on any atom is 0.167 e. The third kappa shape index (κ3) is 2.53. The first-order chi connectivity index (χ1) is 8.63. The molecule has 0 aliphatic heterocycles. The van der Waals surface area contributed by atoms with Crippen molar-refractivity contribution in [1.29, 1.82) is 0 Å². The van der Waals surface area contributed by atoms with Crippen LogP contribution in [-0.2, 0) is 11.5 Å². The predicted octanol–water partition coefficient (Wildman–Crippen LogP) is 0.371. The molecular weight excluding hydrogens is 258 g/mol. The van der Waals surface area contributed by atoms with E-state index in [0.717, 1.165) is 0 Å². The van der Waals surface area contributed by atoms with E-state index in [4.69, 9.17) is 22.1 Å². The number of halogens is 1. The summed E-state index contributed by atoms with van der Waals surface area (Å²) in [6.45, 7) is 1.81. The SMILES string of the molecule is CC(O)C(CCl)OCn1cnc2c(N)ncnc21. The second kappa shape index (κ2) is 5.47. The zero-order valence-electron chi connectivity index (χ0n) is 9.82. The molecular formula is C10H14ClN5O2. The summed E-state index contributed by atoms with van der Waals surface area (Å²) >= 11 is 5.69. The molecule has 2 unspecified atom stereocenters. The van der Waals surface area contributed by atoms with Gasteiger partial charge in [-0.1, -0.05) is 0 Å². The summed E-state index contributed by atoms with van der Waals surface area (Å²) in [5, 5.41) is 9.42. The molecule has 0 bridgehead atoms. The number of aliphatic hydroxyl groups is 1. The van der Waals surface area contributed by atoms with Crippen molar-refractivity contribution in [1.82, 2.24) is 19.5 Å². The van der Waals surface area contributed by atoms with Gasteiger partial charge in [0.25, 0.3) is 0 Å². The van der Waals surface area contributed by atoms with E-state index in [2.05, 4.69) is 15.0 Å². The van der Waals surface area contributed by atoms with E-state index in [0.29, 0.717) is 17.0 Å². The highest BCUT2D eigenvalue weighted by Gasteiger charge is 2.15. The highest BCUT2D eigenvalue weighted by atomic mass is 35.5. The summed E-state index contributed by atoms with van der Waals surface area (Å²) in [7, 11) is 0. The Morgan fingerprint density at radius 3 is 2.94 bits per heavy atom. The smallest absolute Gasteiger partial charge is 0.167 e. The van der Waals surface area contributed by atoms with Crippen molar-refractivity contribution in [3.05, 3.63) is 12.7 Å². The Morgan fingerprint density at radius 2 is 2.28 bits per heavy atom. The van der Waals surface area contributed by atoms with Gasteiger partial charge in [0.15, 0.2) is 11.5 Å². The van der Waals surface area contributed by atoms with Gasteiger partial charge in [-0.3, -0.25) is 4.57 Å². The minimum Gasteiger partial charge on any atom is -0.391 e. The lowest BCUT2D eigenvalue weighted by Gasteiger charge is -2.18. The highest BCUT2D eigenvalue weighted by Crippen LogP contribution is 2.14. The number of nitrogens with two attached hydrogens (primary N) is 1. The first-order valence-corrected chi connectivity index (χ1v) is 5.94. The summed E-state index contributed by atoms with van der Waals surface area (Å²) in [5.41, 5.74) is 6.78. The Balaban J connectivity index is 2.15. The first kappa shape index (κ1) is 13.0. The van der Waals surface area contributed by atoms with Crippen molar-refractivity contribution in [3.63, 3.8) is 0 Å². The minimum absolute atomic E-state index is 0.190. The lowest BCUT2D eigenvalue weighted by atomic mass is 10.3. The molecule has 0 aliphatic carbocycles. The number of aromatic nitrogens is 4. The maximum absolute atomic E-state index is 9.42. The molecule has 0 saturated carbocycles. The molecule has 3 N–H and O–H groups in total. The molecule has 2 heterocycles. The van der Waals surface area contributed by atoms with E-state index in [9.17, 15) is 5.11 Å². The summed E-state index contributed by atoms with van der Waals surface area (Å²) in [4.78, 5) is 12.0. The molecule has 2 aromatic rings. The van der Waals surface area contributed by atoms with Gasteiger partial charge in [0, 0.05) is 0 Å². The highest BCUT2D eigenvalue weighted by molar-refractivity contribution is 6.18. The number of nitrogen functional groups attached to an aromatic ring is 1. The summed E-state index contributed by atoms with van der Waals surface area (Å²) in [6.07, 6.45) is 1.84. The number of hydrogen-bond acceptors (Lipinski definition) is 6. The van der Waals surface area contributed by atoms with Crippen molar-refractivity contribution in [2.75, 3.05) is 11.6 Å². The molecule has 2 atom stereocenters. The standard InChI is InChI=1S/C10H14ClN5O2/c1-6(17)7(2-11)18-5-16-4-15-8-9(12)13-3-14-10(8)16/h3-4,6-7,17H,2,5H2,1H3,(H2,12,13,14). The number of imidazole rings is 1. The second-order valence-corrected chi connectivity index (χ2v) is 4.18. The monoisotopic (exact) mass is 271 g/mol. The largest absolute Gasteiger partial charge is 0.391 e. The summed E-state index contributed by atoms with van der Waals surface area (Å²) < 4.78 is 7.16. The van der Waals surface area contributed by atoms with Crippen LogP contribution in [0.4, 0.5) is 5.82 Å². The van der Waals surface area contributed by atoms with E-state index in [1.807, 2.05) is 0 Å². The van der Waals surface area contributed by atoms with Crippen LogP contribution in [0.25, 0.3) is 11.2 Å². The number of alkyl halides is 1. The molecule has 0 saturated heterocycles. The molecule has 18 heavy (non-hydrogen) atoms. The zero-order valence-corrected chi connectivity index (χ0v) is 10.6.